The van der Waals surface area contributed by atoms with Crippen LogP contribution >= 0.6 is 11.8 Å². The molecule has 7 nitrogen and oxygen atoms in total. The second-order valence-corrected chi connectivity index (χ2v) is 7.80. The molecular formula is C18H25N4O3S+. The second-order valence-electron chi connectivity index (χ2n) is 6.50. The van der Waals surface area contributed by atoms with Crippen LogP contribution in [-0.4, -0.2) is 53.6 Å². The minimum Gasteiger partial charge on any atom is -0.370 e. The standard InChI is InChI=1S/C18H24N4O3S/c1-13(16(19)23)26-18-20-15-6-3-2-5-14(15)17(24)22(18)8-4-7-21-9-11-25-12-10-21/h2-3,5-6,13H,4,7-12H2,1H3,(H2,19,23)/p+1/t13-/m1/s1. The van der Waals surface area contributed by atoms with Crippen LogP contribution in [0.25, 0.3) is 10.9 Å². The van der Waals surface area contributed by atoms with Crippen LogP contribution < -0.4 is 16.2 Å². The number of thioether (sulfide) groups is 1. The molecule has 1 atom stereocenters. The summed E-state index contributed by atoms with van der Waals surface area (Å²) in [5.74, 6) is -0.415. The van der Waals surface area contributed by atoms with Crippen LogP contribution in [0.2, 0.25) is 0 Å². The van der Waals surface area contributed by atoms with Crippen LogP contribution in [0.4, 0.5) is 0 Å². The molecule has 2 aromatic rings. The van der Waals surface area contributed by atoms with Crippen LogP contribution in [0.15, 0.2) is 34.2 Å². The number of fused-ring (bicyclic) bond motifs is 1. The summed E-state index contributed by atoms with van der Waals surface area (Å²) in [7, 11) is 0. The number of carbonyl (C=O) groups is 1. The number of primary amides is 1. The van der Waals surface area contributed by atoms with Crippen LogP contribution in [0, 0.1) is 0 Å². The number of morpholine rings is 1. The molecule has 8 heteroatoms. The highest BCUT2D eigenvalue weighted by molar-refractivity contribution is 8.00. The maximum Gasteiger partial charge on any atom is 0.262 e. The molecule has 3 N–H and O–H groups in total. The van der Waals surface area contributed by atoms with Gasteiger partial charge in [-0.3, -0.25) is 14.2 Å². The summed E-state index contributed by atoms with van der Waals surface area (Å²) in [6.45, 7) is 6.90. The molecule has 0 aliphatic carbocycles. The summed E-state index contributed by atoms with van der Waals surface area (Å²) >= 11 is 1.24. The number of benzene rings is 1. The highest BCUT2D eigenvalue weighted by Crippen LogP contribution is 2.22. The summed E-state index contributed by atoms with van der Waals surface area (Å²) in [5, 5.41) is 0.707. The van der Waals surface area contributed by atoms with Gasteiger partial charge in [0.05, 0.1) is 35.9 Å². The van der Waals surface area contributed by atoms with Crippen molar-refractivity contribution in [2.75, 3.05) is 32.8 Å². The molecule has 140 valence electrons. The van der Waals surface area contributed by atoms with Crippen LogP contribution in [0.3, 0.4) is 0 Å². The van der Waals surface area contributed by atoms with E-state index in [1.807, 2.05) is 18.2 Å². The van der Waals surface area contributed by atoms with Crippen LogP contribution in [0.1, 0.15) is 13.3 Å². The fraction of sp³-hybridized carbons (Fsp3) is 0.500. The van der Waals surface area contributed by atoms with Gasteiger partial charge in [0.15, 0.2) is 5.16 Å². The Morgan fingerprint density at radius 1 is 1.38 bits per heavy atom. The Balaban J connectivity index is 1.83. The van der Waals surface area contributed by atoms with E-state index in [4.69, 9.17) is 10.5 Å². The lowest BCUT2D eigenvalue weighted by molar-refractivity contribution is -0.908. The normalized spacial score (nSPS) is 16.7. The smallest absolute Gasteiger partial charge is 0.262 e. The van der Waals surface area contributed by atoms with Crippen molar-refractivity contribution in [3.63, 3.8) is 0 Å². The largest absolute Gasteiger partial charge is 0.370 e. The Labute approximate surface area is 156 Å². The molecule has 1 fully saturated rings. The molecule has 0 unspecified atom stereocenters. The number of carbonyl (C=O) groups excluding carboxylic acids is 1. The van der Waals surface area contributed by atoms with E-state index < -0.39 is 11.2 Å². The van der Waals surface area contributed by atoms with Gasteiger partial charge in [-0.25, -0.2) is 4.98 Å². The molecule has 1 amide bonds. The van der Waals surface area contributed by atoms with Gasteiger partial charge in [0, 0.05) is 13.0 Å². The number of ether oxygens (including phenoxy) is 1. The highest BCUT2D eigenvalue weighted by Gasteiger charge is 2.18. The molecule has 1 aliphatic heterocycles. The summed E-state index contributed by atoms with van der Waals surface area (Å²) in [5.41, 5.74) is 5.97. The quantitative estimate of drug-likeness (QED) is 0.509. The first kappa shape index (κ1) is 18.9. The van der Waals surface area contributed by atoms with Gasteiger partial charge < -0.3 is 15.4 Å². The molecular weight excluding hydrogens is 352 g/mol. The number of nitrogens with two attached hydrogens (primary N) is 1. The zero-order valence-corrected chi connectivity index (χ0v) is 15.8. The average molecular weight is 377 g/mol. The van der Waals surface area contributed by atoms with Gasteiger partial charge >= 0.3 is 0 Å². The zero-order chi connectivity index (χ0) is 18.5. The number of amides is 1. The van der Waals surface area contributed by atoms with Crippen molar-refractivity contribution in [1.29, 1.82) is 0 Å². The van der Waals surface area contributed by atoms with Gasteiger partial charge in [0.2, 0.25) is 5.91 Å². The summed E-state index contributed by atoms with van der Waals surface area (Å²) in [6.07, 6.45) is 0.869. The third-order valence-corrected chi connectivity index (χ3v) is 5.73. The molecule has 1 saturated heterocycles. The van der Waals surface area contributed by atoms with E-state index in [-0.39, 0.29) is 5.56 Å². The molecule has 3 rings (SSSR count). The first-order valence-corrected chi connectivity index (χ1v) is 9.81. The topological polar surface area (TPSA) is 91.7 Å². The molecule has 0 spiro atoms. The van der Waals surface area contributed by atoms with E-state index in [2.05, 4.69) is 4.98 Å². The van der Waals surface area contributed by atoms with Gasteiger partial charge in [-0.1, -0.05) is 23.9 Å². The Morgan fingerprint density at radius 3 is 2.85 bits per heavy atom. The first-order valence-electron chi connectivity index (χ1n) is 8.93. The monoisotopic (exact) mass is 377 g/mol. The third-order valence-electron chi connectivity index (χ3n) is 4.62. The fourth-order valence-electron chi connectivity index (χ4n) is 3.05. The Kier molecular flexibility index (Phi) is 6.29. The lowest BCUT2D eigenvalue weighted by Crippen LogP contribution is -3.14. The number of nitrogens with one attached hydrogen (secondary N) is 1. The van der Waals surface area contributed by atoms with Gasteiger partial charge in [-0.15, -0.1) is 0 Å². The predicted molar refractivity (Wildman–Crippen MR) is 102 cm³/mol. The molecule has 0 radical (unpaired) electrons. The summed E-state index contributed by atoms with van der Waals surface area (Å²) < 4.78 is 7.07. The molecule has 2 heterocycles. The number of para-hydroxylation sites is 1. The predicted octanol–water partition coefficient (Wildman–Crippen LogP) is -0.332. The SMILES string of the molecule is C[C@@H](Sc1nc2ccccc2c(=O)n1CCC[NH+]1CCOCC1)C(N)=O. The molecule has 0 bridgehead atoms. The number of hydrogen-bond acceptors (Lipinski definition) is 5. The number of nitrogens with zero attached hydrogens (tertiary/aromatic N) is 2. The molecule has 1 aliphatic rings. The summed E-state index contributed by atoms with van der Waals surface area (Å²) in [6, 6.07) is 7.30. The van der Waals surface area contributed by atoms with E-state index in [0.29, 0.717) is 22.6 Å². The lowest BCUT2D eigenvalue weighted by atomic mass is 10.2. The van der Waals surface area contributed by atoms with Crippen LogP contribution in [0.5, 0.6) is 0 Å². The van der Waals surface area contributed by atoms with E-state index in [1.165, 1.54) is 16.7 Å². The number of quaternary nitrogens is 1. The molecule has 0 saturated carbocycles. The van der Waals surface area contributed by atoms with Gasteiger partial charge in [-0.2, -0.15) is 0 Å². The van der Waals surface area contributed by atoms with Crippen molar-refractivity contribution < 1.29 is 14.4 Å². The van der Waals surface area contributed by atoms with Gasteiger partial charge in [0.1, 0.15) is 13.1 Å². The van der Waals surface area contributed by atoms with Gasteiger partial charge in [0.25, 0.3) is 5.56 Å². The minimum absolute atomic E-state index is 0.0632. The minimum atomic E-state index is -0.445. The van der Waals surface area contributed by atoms with Crippen molar-refractivity contribution in [2.45, 2.75) is 30.3 Å². The Hall–Kier alpha value is -1.90. The lowest BCUT2D eigenvalue weighted by Gasteiger charge is -2.24. The van der Waals surface area contributed by atoms with Gasteiger partial charge in [-0.05, 0) is 19.1 Å². The van der Waals surface area contributed by atoms with Crippen molar-refractivity contribution in [2.24, 2.45) is 5.73 Å². The van der Waals surface area contributed by atoms with E-state index in [9.17, 15) is 9.59 Å². The second kappa shape index (κ2) is 8.66. The van der Waals surface area contributed by atoms with E-state index >= 15 is 0 Å². The third kappa shape index (κ3) is 4.44. The summed E-state index contributed by atoms with van der Waals surface area (Å²) in [4.78, 5) is 30.5. The average Bonchev–Trinajstić information content (AvgIpc) is 2.65. The van der Waals surface area contributed by atoms with Crippen molar-refractivity contribution in [1.82, 2.24) is 9.55 Å². The van der Waals surface area contributed by atoms with Crippen LogP contribution in [-0.2, 0) is 16.1 Å². The molecule has 1 aromatic heterocycles. The van der Waals surface area contributed by atoms with E-state index in [0.717, 1.165) is 39.3 Å². The Bertz CT molecular complexity index is 833. The van der Waals surface area contributed by atoms with E-state index in [1.54, 1.807) is 17.6 Å². The Morgan fingerprint density at radius 2 is 2.12 bits per heavy atom. The van der Waals surface area contributed by atoms with Crippen molar-refractivity contribution in [3.8, 4) is 0 Å². The maximum atomic E-state index is 12.9. The highest BCUT2D eigenvalue weighted by atomic mass is 32.2. The van der Waals surface area contributed by atoms with Crippen molar-refractivity contribution >= 4 is 28.6 Å². The number of aromatic nitrogens is 2. The first-order chi connectivity index (χ1) is 12.6. The maximum absolute atomic E-state index is 12.9. The molecule has 1 aromatic carbocycles. The van der Waals surface area contributed by atoms with Crippen molar-refractivity contribution in [3.05, 3.63) is 34.6 Å². The molecule has 26 heavy (non-hydrogen) atoms. The number of rotatable bonds is 7. The fourth-order valence-corrected chi connectivity index (χ4v) is 3.93. The zero-order valence-electron chi connectivity index (χ0n) is 14.9. The number of hydrogen-bond donors (Lipinski definition) is 2.